The Balaban J connectivity index is 2.79. The first kappa shape index (κ1) is 7.13. The van der Waals surface area contributed by atoms with Crippen LogP contribution in [0.15, 0.2) is 35.6 Å². The quantitative estimate of drug-likeness (QED) is 0.541. The molecule has 10 heavy (non-hydrogen) atoms. The number of rotatable bonds is 0. The molecule has 2 N–H and O–H groups in total. The Bertz CT molecular complexity index is 197. The average molecular weight is 135 g/mol. The fourth-order valence-electron chi connectivity index (χ4n) is 0.985. The molecule has 0 saturated carbocycles. The molecular weight excluding hydrogens is 122 g/mol. The molecule has 1 aliphatic rings. The maximum absolute atomic E-state index is 5.65. The lowest BCUT2D eigenvalue weighted by Gasteiger charge is -1.98. The highest BCUT2D eigenvalue weighted by molar-refractivity contribution is 5.28. The molecular formula is C9H13N. The van der Waals surface area contributed by atoms with Crippen molar-refractivity contribution in [3.63, 3.8) is 0 Å². The molecule has 0 radical (unpaired) electrons. The molecule has 0 atom stereocenters. The van der Waals surface area contributed by atoms with Crippen LogP contribution in [0.3, 0.4) is 0 Å². The molecule has 1 nitrogen and oxygen atoms in total. The Kier molecular flexibility index (Phi) is 2.32. The van der Waals surface area contributed by atoms with Crippen molar-refractivity contribution in [2.75, 3.05) is 0 Å². The van der Waals surface area contributed by atoms with Crippen LogP contribution in [0.5, 0.6) is 0 Å². The molecule has 1 heteroatoms. The van der Waals surface area contributed by atoms with Crippen molar-refractivity contribution >= 4 is 0 Å². The van der Waals surface area contributed by atoms with Crippen LogP contribution in [-0.4, -0.2) is 0 Å². The summed E-state index contributed by atoms with van der Waals surface area (Å²) in [5.41, 5.74) is 7.77. The highest BCUT2D eigenvalue weighted by atomic mass is 14.6. The summed E-state index contributed by atoms with van der Waals surface area (Å²) >= 11 is 0. The first-order chi connectivity index (χ1) is 4.79. The van der Waals surface area contributed by atoms with Crippen molar-refractivity contribution in [2.45, 2.75) is 19.8 Å². The van der Waals surface area contributed by atoms with Gasteiger partial charge in [-0.1, -0.05) is 18.2 Å². The molecule has 0 amide bonds. The van der Waals surface area contributed by atoms with Gasteiger partial charge < -0.3 is 5.73 Å². The van der Waals surface area contributed by atoms with Crippen LogP contribution >= 0.6 is 0 Å². The monoisotopic (exact) mass is 135 g/mol. The molecule has 0 fully saturated rings. The summed E-state index contributed by atoms with van der Waals surface area (Å²) in [5, 5.41) is 0. The van der Waals surface area contributed by atoms with Gasteiger partial charge in [0.1, 0.15) is 0 Å². The Morgan fingerprint density at radius 2 is 2.20 bits per heavy atom. The van der Waals surface area contributed by atoms with Crippen LogP contribution in [0.1, 0.15) is 19.8 Å². The normalized spacial score (nSPS) is 24.1. The molecule has 0 heterocycles. The van der Waals surface area contributed by atoms with E-state index in [0.29, 0.717) is 0 Å². The summed E-state index contributed by atoms with van der Waals surface area (Å²) in [7, 11) is 0. The van der Waals surface area contributed by atoms with Crippen LogP contribution in [0.4, 0.5) is 0 Å². The van der Waals surface area contributed by atoms with E-state index < -0.39 is 0 Å². The third-order valence-corrected chi connectivity index (χ3v) is 1.49. The zero-order valence-electron chi connectivity index (χ0n) is 6.30. The van der Waals surface area contributed by atoms with E-state index in [2.05, 4.69) is 25.2 Å². The molecule has 1 rings (SSSR count). The summed E-state index contributed by atoms with van der Waals surface area (Å²) in [5.74, 6) is 0. The maximum atomic E-state index is 5.65. The Hall–Kier alpha value is -0.980. The second-order valence-electron chi connectivity index (χ2n) is 2.57. The van der Waals surface area contributed by atoms with Gasteiger partial charge in [-0.05, 0) is 31.4 Å². The molecule has 0 aromatic carbocycles. The van der Waals surface area contributed by atoms with Crippen LogP contribution in [0, 0.1) is 0 Å². The lowest BCUT2D eigenvalue weighted by Crippen LogP contribution is -1.94. The van der Waals surface area contributed by atoms with Gasteiger partial charge in [0, 0.05) is 5.70 Å². The average Bonchev–Trinajstić information content (AvgIpc) is 1.83. The van der Waals surface area contributed by atoms with E-state index in [-0.39, 0.29) is 0 Å². The molecule has 54 valence electrons. The number of hydrogen-bond acceptors (Lipinski definition) is 1. The number of hydrogen-bond donors (Lipinski definition) is 1. The third kappa shape index (κ3) is 2.09. The zero-order chi connectivity index (χ0) is 7.40. The van der Waals surface area contributed by atoms with Crippen LogP contribution in [0.2, 0.25) is 0 Å². The summed E-state index contributed by atoms with van der Waals surface area (Å²) < 4.78 is 0. The van der Waals surface area contributed by atoms with Gasteiger partial charge in [-0.3, -0.25) is 0 Å². The zero-order valence-corrected chi connectivity index (χ0v) is 6.30. The first-order valence-corrected chi connectivity index (χ1v) is 3.59. The number of allylic oxidation sites excluding steroid dienone is 5. The molecule has 0 aromatic rings. The standard InChI is InChI=1S/C9H13N/c1-8-5-3-2-4-6-9(10)7-8/h3,5-7H,2,4,10H2,1H3/b5-3?,8-7?,9-6+. The van der Waals surface area contributed by atoms with Gasteiger partial charge in [0.05, 0.1) is 0 Å². The lowest BCUT2D eigenvalue weighted by atomic mass is 10.1. The predicted octanol–water partition coefficient (Wildman–Crippen LogP) is 2.13. The fourth-order valence-corrected chi connectivity index (χ4v) is 0.985. The Morgan fingerprint density at radius 3 is 3.00 bits per heavy atom. The van der Waals surface area contributed by atoms with Gasteiger partial charge in [-0.25, -0.2) is 0 Å². The van der Waals surface area contributed by atoms with Crippen molar-refractivity contribution in [1.29, 1.82) is 0 Å². The van der Waals surface area contributed by atoms with Gasteiger partial charge in [0.15, 0.2) is 0 Å². The lowest BCUT2D eigenvalue weighted by molar-refractivity contribution is 1.03. The summed E-state index contributed by atoms with van der Waals surface area (Å²) in [6.45, 7) is 2.06. The van der Waals surface area contributed by atoms with E-state index in [9.17, 15) is 0 Å². The summed E-state index contributed by atoms with van der Waals surface area (Å²) in [6.07, 6.45) is 10.5. The smallest absolute Gasteiger partial charge is 0.0276 e. The molecule has 1 aliphatic carbocycles. The predicted molar refractivity (Wildman–Crippen MR) is 44.4 cm³/mol. The van der Waals surface area contributed by atoms with E-state index in [1.165, 1.54) is 5.57 Å². The topological polar surface area (TPSA) is 26.0 Å². The second-order valence-corrected chi connectivity index (χ2v) is 2.57. The van der Waals surface area contributed by atoms with Crippen molar-refractivity contribution in [2.24, 2.45) is 5.73 Å². The molecule has 0 aromatic heterocycles. The van der Waals surface area contributed by atoms with Crippen molar-refractivity contribution in [3.8, 4) is 0 Å². The maximum Gasteiger partial charge on any atom is 0.0276 e. The van der Waals surface area contributed by atoms with Gasteiger partial charge in [0.2, 0.25) is 0 Å². The molecule has 0 spiro atoms. The van der Waals surface area contributed by atoms with Crippen LogP contribution < -0.4 is 5.73 Å². The highest BCUT2D eigenvalue weighted by Gasteiger charge is 1.89. The minimum absolute atomic E-state index is 0.891. The van der Waals surface area contributed by atoms with E-state index in [0.717, 1.165) is 18.5 Å². The number of nitrogens with two attached hydrogens (primary N) is 1. The molecule has 0 saturated heterocycles. The van der Waals surface area contributed by atoms with Crippen LogP contribution in [-0.2, 0) is 0 Å². The highest BCUT2D eigenvalue weighted by Crippen LogP contribution is 2.06. The fraction of sp³-hybridized carbons (Fsp3) is 0.333. The van der Waals surface area contributed by atoms with Gasteiger partial charge in [-0.2, -0.15) is 0 Å². The first-order valence-electron chi connectivity index (χ1n) is 3.59. The second kappa shape index (κ2) is 3.25. The minimum Gasteiger partial charge on any atom is -0.399 e. The van der Waals surface area contributed by atoms with Crippen LogP contribution in [0.25, 0.3) is 0 Å². The van der Waals surface area contributed by atoms with E-state index in [1.54, 1.807) is 0 Å². The van der Waals surface area contributed by atoms with Crippen molar-refractivity contribution < 1.29 is 0 Å². The Labute approximate surface area is 61.9 Å². The van der Waals surface area contributed by atoms with E-state index >= 15 is 0 Å². The third-order valence-electron chi connectivity index (χ3n) is 1.49. The Morgan fingerprint density at radius 1 is 1.40 bits per heavy atom. The minimum atomic E-state index is 0.891. The largest absolute Gasteiger partial charge is 0.399 e. The van der Waals surface area contributed by atoms with Gasteiger partial charge in [0.25, 0.3) is 0 Å². The van der Waals surface area contributed by atoms with Gasteiger partial charge >= 0.3 is 0 Å². The van der Waals surface area contributed by atoms with Gasteiger partial charge in [-0.15, -0.1) is 0 Å². The van der Waals surface area contributed by atoms with Crippen molar-refractivity contribution in [3.05, 3.63) is 35.6 Å². The van der Waals surface area contributed by atoms with E-state index in [1.807, 2.05) is 6.08 Å². The SMILES string of the molecule is CC1=C/C(N)=C\CCC=C1. The molecule has 0 aliphatic heterocycles. The van der Waals surface area contributed by atoms with Crippen molar-refractivity contribution in [1.82, 2.24) is 0 Å². The summed E-state index contributed by atoms with van der Waals surface area (Å²) in [6, 6.07) is 0. The molecule has 0 bridgehead atoms. The summed E-state index contributed by atoms with van der Waals surface area (Å²) in [4.78, 5) is 0. The molecule has 0 unspecified atom stereocenters. The van der Waals surface area contributed by atoms with E-state index in [4.69, 9.17) is 5.73 Å².